The molecule has 36 heavy (non-hydrogen) atoms. The summed E-state index contributed by atoms with van der Waals surface area (Å²) in [5.74, 6) is 1.72. The van der Waals surface area contributed by atoms with Gasteiger partial charge >= 0.3 is 0 Å². The molecule has 4 rings (SSSR count). The Hall–Kier alpha value is -2.74. The first-order chi connectivity index (χ1) is 17.4. The molecule has 1 aliphatic carbocycles. The molecule has 0 saturated heterocycles. The highest BCUT2D eigenvalue weighted by Gasteiger charge is 2.35. The molecule has 0 bridgehead atoms. The van der Waals surface area contributed by atoms with Gasteiger partial charge in [-0.25, -0.2) is 4.68 Å². The Labute approximate surface area is 214 Å². The zero-order valence-corrected chi connectivity index (χ0v) is 22.6. The van der Waals surface area contributed by atoms with Crippen LogP contribution in [-0.2, 0) is 12.1 Å². The fraction of sp³-hybridized carbons (Fsp3) is 0.643. The number of tetrazole rings is 1. The SMILES string of the molecule is CCCC(c1nnnn1C(C)(C)CC)N(Cc1cc2cc(OCC)ccc2[nH]c1=O)C1CCCCC1. The largest absolute Gasteiger partial charge is 0.494 e. The summed E-state index contributed by atoms with van der Waals surface area (Å²) in [7, 11) is 0. The number of aromatic amines is 1. The number of H-pyrrole nitrogens is 1. The lowest BCUT2D eigenvalue weighted by molar-refractivity contribution is 0.0770. The molecule has 1 aliphatic rings. The van der Waals surface area contributed by atoms with Crippen LogP contribution in [-0.4, -0.2) is 42.7 Å². The highest BCUT2D eigenvalue weighted by atomic mass is 16.5. The van der Waals surface area contributed by atoms with Crippen molar-refractivity contribution in [2.45, 2.75) is 110 Å². The molecule has 196 valence electrons. The first-order valence-electron chi connectivity index (χ1n) is 13.7. The molecule has 1 saturated carbocycles. The Morgan fingerprint density at radius 2 is 1.94 bits per heavy atom. The summed E-state index contributed by atoms with van der Waals surface area (Å²) >= 11 is 0. The minimum Gasteiger partial charge on any atom is -0.494 e. The van der Waals surface area contributed by atoms with Crippen LogP contribution < -0.4 is 10.3 Å². The molecule has 0 aliphatic heterocycles. The topological polar surface area (TPSA) is 88.9 Å². The first-order valence-corrected chi connectivity index (χ1v) is 13.7. The van der Waals surface area contributed by atoms with E-state index in [0.717, 1.165) is 60.1 Å². The molecule has 0 amide bonds. The summed E-state index contributed by atoms with van der Waals surface area (Å²) in [6, 6.07) is 8.32. The van der Waals surface area contributed by atoms with Gasteiger partial charge in [-0.2, -0.15) is 0 Å². The van der Waals surface area contributed by atoms with E-state index in [1.54, 1.807) is 0 Å². The predicted octanol–water partition coefficient (Wildman–Crippen LogP) is 5.73. The molecule has 1 unspecified atom stereocenters. The number of pyridine rings is 1. The van der Waals surface area contributed by atoms with E-state index in [2.05, 4.69) is 53.1 Å². The van der Waals surface area contributed by atoms with Gasteiger partial charge in [-0.15, -0.1) is 5.10 Å². The van der Waals surface area contributed by atoms with E-state index < -0.39 is 0 Å². The molecular formula is C28H42N6O2. The minimum absolute atomic E-state index is 0.0313. The van der Waals surface area contributed by atoms with Gasteiger partial charge < -0.3 is 9.72 Å². The average Bonchev–Trinajstić information content (AvgIpc) is 3.38. The van der Waals surface area contributed by atoms with Gasteiger partial charge in [-0.05, 0) is 81.1 Å². The lowest BCUT2D eigenvalue weighted by Gasteiger charge is -2.40. The summed E-state index contributed by atoms with van der Waals surface area (Å²) < 4.78 is 7.72. The lowest BCUT2D eigenvalue weighted by Crippen LogP contribution is -2.42. The maximum absolute atomic E-state index is 13.2. The van der Waals surface area contributed by atoms with Gasteiger partial charge in [0.15, 0.2) is 5.82 Å². The number of rotatable bonds is 11. The summed E-state index contributed by atoms with van der Waals surface area (Å²) in [6.07, 6.45) is 8.88. The molecule has 3 aromatic rings. The molecular weight excluding hydrogens is 452 g/mol. The molecule has 8 heteroatoms. The van der Waals surface area contributed by atoms with E-state index in [1.807, 2.05) is 35.9 Å². The normalized spacial score (nSPS) is 16.1. The molecule has 0 radical (unpaired) electrons. The molecule has 2 heterocycles. The number of nitrogens with zero attached hydrogens (tertiary/aromatic N) is 5. The molecule has 1 N–H and O–H groups in total. The van der Waals surface area contributed by atoms with Crippen molar-refractivity contribution in [1.29, 1.82) is 0 Å². The van der Waals surface area contributed by atoms with Crippen LogP contribution in [0.1, 0.15) is 103 Å². The Kier molecular flexibility index (Phi) is 8.44. The highest BCUT2D eigenvalue weighted by Crippen LogP contribution is 2.35. The molecule has 1 atom stereocenters. The maximum atomic E-state index is 13.2. The summed E-state index contributed by atoms with van der Waals surface area (Å²) in [4.78, 5) is 18.9. The van der Waals surface area contributed by atoms with Gasteiger partial charge in [0.2, 0.25) is 0 Å². The Balaban J connectivity index is 1.77. The van der Waals surface area contributed by atoms with E-state index in [9.17, 15) is 4.79 Å². The van der Waals surface area contributed by atoms with E-state index in [1.165, 1.54) is 19.3 Å². The number of hydrogen-bond acceptors (Lipinski definition) is 6. The number of ether oxygens (including phenoxy) is 1. The Bertz CT molecular complexity index is 1190. The van der Waals surface area contributed by atoms with Crippen molar-refractivity contribution in [3.05, 3.63) is 46.0 Å². The van der Waals surface area contributed by atoms with Crippen LogP contribution >= 0.6 is 0 Å². The van der Waals surface area contributed by atoms with Crippen molar-refractivity contribution in [3.63, 3.8) is 0 Å². The van der Waals surface area contributed by atoms with Gasteiger partial charge in [0, 0.05) is 29.1 Å². The quantitative estimate of drug-likeness (QED) is 0.366. The third-order valence-corrected chi connectivity index (χ3v) is 7.79. The second-order valence-electron chi connectivity index (χ2n) is 10.7. The third-order valence-electron chi connectivity index (χ3n) is 7.79. The monoisotopic (exact) mass is 494 g/mol. The fourth-order valence-corrected chi connectivity index (χ4v) is 5.41. The fourth-order valence-electron chi connectivity index (χ4n) is 5.41. The van der Waals surface area contributed by atoms with Gasteiger partial charge in [-0.3, -0.25) is 9.69 Å². The van der Waals surface area contributed by atoms with E-state index in [-0.39, 0.29) is 17.1 Å². The van der Waals surface area contributed by atoms with Crippen molar-refractivity contribution in [3.8, 4) is 5.75 Å². The van der Waals surface area contributed by atoms with Crippen molar-refractivity contribution in [1.82, 2.24) is 30.1 Å². The third kappa shape index (κ3) is 5.64. The van der Waals surface area contributed by atoms with E-state index >= 15 is 0 Å². The van der Waals surface area contributed by atoms with E-state index in [4.69, 9.17) is 4.74 Å². The number of benzene rings is 1. The van der Waals surface area contributed by atoms with Crippen molar-refractivity contribution >= 4 is 10.9 Å². The van der Waals surface area contributed by atoms with Crippen LogP contribution in [0.5, 0.6) is 5.75 Å². The first kappa shape index (κ1) is 26.3. The van der Waals surface area contributed by atoms with Gasteiger partial charge in [0.25, 0.3) is 5.56 Å². The van der Waals surface area contributed by atoms with Crippen LogP contribution in [0.4, 0.5) is 0 Å². The van der Waals surface area contributed by atoms with Crippen LogP contribution in [0.15, 0.2) is 29.1 Å². The second-order valence-corrected chi connectivity index (χ2v) is 10.7. The Morgan fingerprint density at radius 3 is 2.64 bits per heavy atom. The average molecular weight is 495 g/mol. The summed E-state index contributed by atoms with van der Waals surface area (Å²) in [6.45, 7) is 11.9. The number of hydrogen-bond donors (Lipinski definition) is 1. The van der Waals surface area contributed by atoms with Crippen LogP contribution in [0.3, 0.4) is 0 Å². The standard InChI is InChI=1S/C28H42N6O2/c1-6-12-25(26-30-31-32-34(26)28(4,5)7-2)33(22-13-10-9-11-14-22)19-21-17-20-18-23(36-8-3)15-16-24(20)29-27(21)35/h15-18,22,25H,6-14,19H2,1-5H3,(H,29,35). The number of aromatic nitrogens is 5. The van der Waals surface area contributed by atoms with Gasteiger partial charge in [-0.1, -0.05) is 39.5 Å². The molecule has 2 aromatic heterocycles. The van der Waals surface area contributed by atoms with E-state index in [0.29, 0.717) is 19.2 Å². The number of nitrogens with one attached hydrogen (secondary N) is 1. The van der Waals surface area contributed by atoms with Crippen LogP contribution in [0, 0.1) is 0 Å². The zero-order valence-electron chi connectivity index (χ0n) is 22.6. The molecule has 8 nitrogen and oxygen atoms in total. The summed E-state index contributed by atoms with van der Waals surface area (Å²) in [5, 5.41) is 14.1. The molecule has 0 spiro atoms. The van der Waals surface area contributed by atoms with Crippen molar-refractivity contribution in [2.24, 2.45) is 0 Å². The molecule has 1 aromatic carbocycles. The minimum atomic E-state index is -0.181. The maximum Gasteiger partial charge on any atom is 0.252 e. The van der Waals surface area contributed by atoms with Crippen LogP contribution in [0.2, 0.25) is 0 Å². The highest BCUT2D eigenvalue weighted by molar-refractivity contribution is 5.80. The smallest absolute Gasteiger partial charge is 0.252 e. The number of fused-ring (bicyclic) bond motifs is 1. The molecule has 1 fully saturated rings. The van der Waals surface area contributed by atoms with Crippen molar-refractivity contribution in [2.75, 3.05) is 6.61 Å². The lowest BCUT2D eigenvalue weighted by atomic mass is 9.91. The zero-order chi connectivity index (χ0) is 25.7. The van der Waals surface area contributed by atoms with Gasteiger partial charge in [0.1, 0.15) is 5.75 Å². The Morgan fingerprint density at radius 1 is 1.17 bits per heavy atom. The van der Waals surface area contributed by atoms with Gasteiger partial charge in [0.05, 0.1) is 18.2 Å². The van der Waals surface area contributed by atoms with Crippen molar-refractivity contribution < 1.29 is 4.74 Å². The predicted molar refractivity (Wildman–Crippen MR) is 143 cm³/mol. The summed E-state index contributed by atoms with van der Waals surface area (Å²) in [5.41, 5.74) is 1.39. The second kappa shape index (κ2) is 11.5. The van der Waals surface area contributed by atoms with Crippen LogP contribution in [0.25, 0.3) is 10.9 Å².